The summed E-state index contributed by atoms with van der Waals surface area (Å²) in [7, 11) is 0. The molecule has 4 aliphatic rings. The van der Waals surface area contributed by atoms with E-state index in [0.29, 0.717) is 31.5 Å². The molecule has 9 heteroatoms. The van der Waals surface area contributed by atoms with E-state index < -0.39 is 22.4 Å². The lowest BCUT2D eigenvalue weighted by Crippen LogP contribution is -2.55. The van der Waals surface area contributed by atoms with Gasteiger partial charge in [0.15, 0.2) is 0 Å². The van der Waals surface area contributed by atoms with Gasteiger partial charge in [-0.3, -0.25) is 19.7 Å². The summed E-state index contributed by atoms with van der Waals surface area (Å²) in [4.78, 5) is 41.4. The van der Waals surface area contributed by atoms with Crippen molar-refractivity contribution in [2.24, 2.45) is 17.8 Å². The number of rotatable bonds is 4. The molecule has 8 nitrogen and oxygen atoms in total. The minimum Gasteiger partial charge on any atom is -0.389 e. The molecule has 198 valence electrons. The highest BCUT2D eigenvalue weighted by molar-refractivity contribution is 9.10. The van der Waals surface area contributed by atoms with Crippen molar-refractivity contribution in [3.05, 3.63) is 74.8 Å². The summed E-state index contributed by atoms with van der Waals surface area (Å²) < 4.78 is 0.938. The number of aliphatic hydroxyl groups is 1. The molecule has 2 amide bonds. The van der Waals surface area contributed by atoms with Crippen LogP contribution in [0.25, 0.3) is 0 Å². The molecule has 0 radical (unpaired) electrons. The van der Waals surface area contributed by atoms with Crippen molar-refractivity contribution in [3.8, 4) is 0 Å². The van der Waals surface area contributed by atoms with Crippen LogP contribution in [0.3, 0.4) is 0 Å². The van der Waals surface area contributed by atoms with E-state index in [9.17, 15) is 24.8 Å². The van der Waals surface area contributed by atoms with E-state index >= 15 is 0 Å². The van der Waals surface area contributed by atoms with Gasteiger partial charge in [-0.25, -0.2) is 4.90 Å². The molecule has 2 heterocycles. The number of anilines is 2. The van der Waals surface area contributed by atoms with Gasteiger partial charge in [0.25, 0.3) is 5.69 Å². The molecule has 1 saturated carbocycles. The Balaban J connectivity index is 1.41. The number of fused-ring (bicyclic) bond motifs is 2. The van der Waals surface area contributed by atoms with Crippen molar-refractivity contribution in [1.29, 1.82) is 0 Å². The van der Waals surface area contributed by atoms with Crippen LogP contribution in [0, 0.1) is 27.9 Å². The number of amides is 2. The zero-order chi connectivity index (χ0) is 26.6. The predicted molar refractivity (Wildman–Crippen MR) is 147 cm³/mol. The summed E-state index contributed by atoms with van der Waals surface area (Å²) in [5.41, 5.74) is 0.742. The Labute approximate surface area is 229 Å². The number of nitro groups is 1. The summed E-state index contributed by atoms with van der Waals surface area (Å²) in [5, 5.41) is 24.0. The fraction of sp³-hybridized carbons (Fsp3) is 0.448. The van der Waals surface area contributed by atoms with Crippen LogP contribution in [0.1, 0.15) is 56.6 Å². The van der Waals surface area contributed by atoms with Crippen molar-refractivity contribution in [2.75, 3.05) is 16.3 Å². The molecule has 6 rings (SSSR count). The van der Waals surface area contributed by atoms with Crippen molar-refractivity contribution in [3.63, 3.8) is 0 Å². The average molecular weight is 580 g/mol. The summed E-state index contributed by atoms with van der Waals surface area (Å²) in [6.07, 6.45) is 8.96. The molecule has 0 spiro atoms. The molecule has 38 heavy (non-hydrogen) atoms. The number of carbonyl (C=O) groups excluding carboxylic acids is 2. The molecule has 2 aliphatic carbocycles. The first-order valence-electron chi connectivity index (χ1n) is 13.3. The number of allylic oxidation sites excluding steroid dienone is 2. The summed E-state index contributed by atoms with van der Waals surface area (Å²) in [6, 6.07) is 12.4. The van der Waals surface area contributed by atoms with Gasteiger partial charge in [-0.15, -0.1) is 0 Å². The van der Waals surface area contributed by atoms with E-state index in [-0.39, 0.29) is 35.1 Å². The van der Waals surface area contributed by atoms with Gasteiger partial charge >= 0.3 is 0 Å². The number of nitro benzene ring substituents is 1. The first kappa shape index (κ1) is 25.2. The Kier molecular flexibility index (Phi) is 6.39. The van der Waals surface area contributed by atoms with E-state index in [1.807, 2.05) is 41.3 Å². The third-order valence-electron chi connectivity index (χ3n) is 9.01. The standard InChI is InChI=1S/C29H30BrN3O5/c30-19-10-8-18(9-11-19)26-23-7-3-4-14-29(23,36)15-16-31(26)24-13-12-20(17-25(24)33(37)38)32-27(34)21-5-1-2-6-22(21)28(32)35/h1-2,8-13,17,21-23,26,36H,3-7,14-16H2. The molecule has 2 aromatic rings. The molecule has 5 unspecified atom stereocenters. The van der Waals surface area contributed by atoms with Gasteiger partial charge in [0.05, 0.1) is 34.1 Å². The van der Waals surface area contributed by atoms with E-state index in [1.165, 1.54) is 6.07 Å². The third kappa shape index (κ3) is 4.07. The highest BCUT2D eigenvalue weighted by atomic mass is 79.9. The number of hydrogen-bond donors (Lipinski definition) is 1. The van der Waals surface area contributed by atoms with Crippen molar-refractivity contribution < 1.29 is 19.6 Å². The summed E-state index contributed by atoms with van der Waals surface area (Å²) in [6.45, 7) is 0.464. The lowest BCUT2D eigenvalue weighted by atomic mass is 9.66. The summed E-state index contributed by atoms with van der Waals surface area (Å²) in [5.74, 6) is -1.45. The first-order valence-corrected chi connectivity index (χ1v) is 14.1. The highest BCUT2D eigenvalue weighted by Gasteiger charge is 2.51. The maximum absolute atomic E-state index is 13.1. The van der Waals surface area contributed by atoms with E-state index in [4.69, 9.17) is 0 Å². The molecule has 1 N–H and O–H groups in total. The quantitative estimate of drug-likeness (QED) is 0.216. The zero-order valence-corrected chi connectivity index (χ0v) is 22.5. The van der Waals surface area contributed by atoms with Gasteiger partial charge in [-0.1, -0.05) is 53.1 Å². The number of hydrogen-bond acceptors (Lipinski definition) is 6. The second-order valence-electron chi connectivity index (χ2n) is 11.0. The van der Waals surface area contributed by atoms with Crippen molar-refractivity contribution >= 4 is 44.8 Å². The topological polar surface area (TPSA) is 104 Å². The minimum atomic E-state index is -0.806. The second-order valence-corrected chi connectivity index (χ2v) is 11.9. The molecule has 3 fully saturated rings. The Morgan fingerprint density at radius 2 is 1.66 bits per heavy atom. The average Bonchev–Trinajstić information content (AvgIpc) is 3.17. The second kappa shape index (κ2) is 9.61. The monoisotopic (exact) mass is 579 g/mol. The van der Waals surface area contributed by atoms with Crippen LogP contribution in [-0.4, -0.2) is 34.0 Å². The fourth-order valence-corrected chi connectivity index (χ4v) is 7.38. The minimum absolute atomic E-state index is 0.0668. The van der Waals surface area contributed by atoms with Crippen molar-refractivity contribution in [1.82, 2.24) is 0 Å². The number of piperidine rings is 1. The molecule has 2 saturated heterocycles. The predicted octanol–water partition coefficient (Wildman–Crippen LogP) is 5.69. The maximum Gasteiger partial charge on any atom is 0.294 e. The van der Waals surface area contributed by atoms with Crippen LogP contribution >= 0.6 is 15.9 Å². The van der Waals surface area contributed by atoms with Gasteiger partial charge in [0, 0.05) is 23.0 Å². The largest absolute Gasteiger partial charge is 0.389 e. The number of imide groups is 1. The number of halogens is 1. The smallest absolute Gasteiger partial charge is 0.294 e. The van der Waals surface area contributed by atoms with Gasteiger partial charge in [-0.05, 0) is 61.9 Å². The molecular formula is C29H30BrN3O5. The van der Waals surface area contributed by atoms with Crippen LogP contribution in [-0.2, 0) is 9.59 Å². The van der Waals surface area contributed by atoms with E-state index in [2.05, 4.69) is 15.9 Å². The van der Waals surface area contributed by atoms with Gasteiger partial charge < -0.3 is 10.0 Å². The van der Waals surface area contributed by atoms with Gasteiger partial charge in [0.1, 0.15) is 5.69 Å². The van der Waals surface area contributed by atoms with Crippen LogP contribution in [0.5, 0.6) is 0 Å². The zero-order valence-electron chi connectivity index (χ0n) is 21.0. The Morgan fingerprint density at radius 1 is 0.974 bits per heavy atom. The molecule has 0 bridgehead atoms. The molecule has 0 aromatic heterocycles. The Hall–Kier alpha value is -3.04. The van der Waals surface area contributed by atoms with Crippen LogP contribution in [0.4, 0.5) is 17.1 Å². The molecule has 2 aromatic carbocycles. The first-order chi connectivity index (χ1) is 18.3. The summed E-state index contributed by atoms with van der Waals surface area (Å²) >= 11 is 3.50. The fourth-order valence-electron chi connectivity index (χ4n) is 7.12. The number of nitrogens with zero attached hydrogens (tertiary/aromatic N) is 3. The lowest BCUT2D eigenvalue weighted by molar-refractivity contribution is -0.384. The molecule has 2 aliphatic heterocycles. The molecule has 5 atom stereocenters. The lowest BCUT2D eigenvalue weighted by Gasteiger charge is -2.53. The van der Waals surface area contributed by atoms with E-state index in [1.54, 1.807) is 12.1 Å². The number of carbonyl (C=O) groups is 2. The normalized spacial score (nSPS) is 30.8. The number of benzene rings is 2. The van der Waals surface area contributed by atoms with Gasteiger partial charge in [0.2, 0.25) is 11.8 Å². The van der Waals surface area contributed by atoms with E-state index in [0.717, 1.165) is 40.6 Å². The Morgan fingerprint density at radius 3 is 2.32 bits per heavy atom. The Bertz CT molecular complexity index is 1300. The van der Waals surface area contributed by atoms with Crippen molar-refractivity contribution in [2.45, 2.75) is 56.6 Å². The van der Waals surface area contributed by atoms with Gasteiger partial charge in [-0.2, -0.15) is 0 Å². The third-order valence-corrected chi connectivity index (χ3v) is 9.54. The highest BCUT2D eigenvalue weighted by Crippen LogP contribution is 2.52. The van der Waals surface area contributed by atoms with Crippen LogP contribution in [0.2, 0.25) is 0 Å². The van der Waals surface area contributed by atoms with Crippen LogP contribution in [0.15, 0.2) is 59.1 Å². The SMILES string of the molecule is O=C1C2CC=CCC2C(=O)N1c1ccc(N2CCC3(O)CCCCC3C2c2ccc(Br)cc2)c([N+](=O)[O-])c1. The molecular weight excluding hydrogens is 550 g/mol. The maximum atomic E-state index is 13.1. The van der Waals surface area contributed by atoms with Crippen LogP contribution < -0.4 is 9.80 Å².